The Hall–Kier alpha value is -2.73. The van der Waals surface area contributed by atoms with E-state index >= 15 is 0 Å². The Balaban J connectivity index is 1.90. The first-order valence-electron chi connectivity index (χ1n) is 9.33. The number of nitrogens with zero attached hydrogens (tertiary/aromatic N) is 3. The molecule has 0 bridgehead atoms. The van der Waals surface area contributed by atoms with Gasteiger partial charge in [0.25, 0.3) is 0 Å². The Morgan fingerprint density at radius 3 is 2.50 bits per heavy atom. The van der Waals surface area contributed by atoms with Crippen molar-refractivity contribution in [2.45, 2.75) is 46.1 Å². The predicted octanol–water partition coefficient (Wildman–Crippen LogP) is 5.57. The summed E-state index contributed by atoms with van der Waals surface area (Å²) >= 11 is 5.36. The van der Waals surface area contributed by atoms with Gasteiger partial charge in [0.2, 0.25) is 4.77 Å². The van der Waals surface area contributed by atoms with E-state index in [0.29, 0.717) is 10.6 Å². The molecule has 6 heteroatoms. The van der Waals surface area contributed by atoms with E-state index < -0.39 is 0 Å². The zero-order chi connectivity index (χ0) is 20.3. The van der Waals surface area contributed by atoms with Gasteiger partial charge in [-0.3, -0.25) is 0 Å². The normalized spacial score (nSPS) is 12.1. The van der Waals surface area contributed by atoms with Crippen molar-refractivity contribution in [2.75, 3.05) is 0 Å². The van der Waals surface area contributed by atoms with Crippen molar-refractivity contribution >= 4 is 18.4 Å². The third-order valence-electron chi connectivity index (χ3n) is 4.21. The summed E-state index contributed by atoms with van der Waals surface area (Å²) in [4.78, 5) is 0. The van der Waals surface area contributed by atoms with E-state index in [2.05, 4.69) is 60.3 Å². The van der Waals surface area contributed by atoms with Crippen molar-refractivity contribution in [3.63, 3.8) is 0 Å². The van der Waals surface area contributed by atoms with Crippen LogP contribution in [0.2, 0.25) is 0 Å². The lowest BCUT2D eigenvalue weighted by molar-refractivity contribution is 0.242. The highest BCUT2D eigenvalue weighted by atomic mass is 32.1. The maximum absolute atomic E-state index is 5.78. The lowest BCUT2D eigenvalue weighted by Gasteiger charge is -2.18. The van der Waals surface area contributed by atoms with Crippen LogP contribution in [0.15, 0.2) is 53.6 Å². The third kappa shape index (κ3) is 4.75. The summed E-state index contributed by atoms with van der Waals surface area (Å²) in [5.41, 5.74) is 3.29. The molecule has 1 aromatic heterocycles. The Morgan fingerprint density at radius 2 is 1.86 bits per heavy atom. The number of benzene rings is 2. The van der Waals surface area contributed by atoms with Gasteiger partial charge in [-0.1, -0.05) is 57.2 Å². The molecule has 0 unspecified atom stereocenters. The smallest absolute Gasteiger partial charge is 0.216 e. The van der Waals surface area contributed by atoms with Crippen LogP contribution in [0.4, 0.5) is 0 Å². The molecule has 1 N–H and O–H groups in total. The van der Waals surface area contributed by atoms with Gasteiger partial charge in [0, 0.05) is 5.56 Å². The van der Waals surface area contributed by atoms with E-state index in [1.807, 2.05) is 38.1 Å². The van der Waals surface area contributed by atoms with Crippen LogP contribution in [-0.2, 0) is 5.41 Å². The fraction of sp³-hybridized carbons (Fsp3) is 0.318. The van der Waals surface area contributed by atoms with E-state index in [0.717, 1.165) is 16.9 Å². The first-order chi connectivity index (χ1) is 13.2. The molecule has 0 aliphatic rings. The van der Waals surface area contributed by atoms with Crippen LogP contribution in [0.5, 0.6) is 5.75 Å². The molecular formula is C22H26N4OS. The second kappa shape index (κ2) is 8.10. The summed E-state index contributed by atoms with van der Waals surface area (Å²) in [6, 6.07) is 16.1. The molecule has 0 aliphatic carbocycles. The Morgan fingerprint density at radius 1 is 1.14 bits per heavy atom. The number of aromatic nitrogens is 3. The van der Waals surface area contributed by atoms with Crippen molar-refractivity contribution < 1.29 is 4.74 Å². The second-order valence-electron chi connectivity index (χ2n) is 7.98. The first kappa shape index (κ1) is 20.0. The average Bonchev–Trinajstić information content (AvgIpc) is 3.00. The minimum Gasteiger partial charge on any atom is -0.491 e. The monoisotopic (exact) mass is 394 g/mol. The minimum absolute atomic E-state index is 0.102. The van der Waals surface area contributed by atoms with Gasteiger partial charge in [-0.25, -0.2) is 5.10 Å². The topological polar surface area (TPSA) is 55.2 Å². The summed E-state index contributed by atoms with van der Waals surface area (Å²) in [6.45, 7) is 10.6. The van der Waals surface area contributed by atoms with E-state index in [1.54, 1.807) is 10.9 Å². The van der Waals surface area contributed by atoms with Gasteiger partial charge in [-0.15, -0.1) is 0 Å². The van der Waals surface area contributed by atoms with E-state index in [-0.39, 0.29) is 11.5 Å². The summed E-state index contributed by atoms with van der Waals surface area (Å²) < 4.78 is 7.84. The Bertz CT molecular complexity index is 1020. The standard InChI is InChI=1S/C22H26N4OS/c1-15(2)27-19-8-6-7-17(13-19)20-24-25-21(28)26(20)23-14-16-9-11-18(12-10-16)22(3,4)5/h6-15H,1-5H3,(H,25,28)/b23-14+. The molecule has 0 atom stereocenters. The van der Waals surface area contributed by atoms with E-state index in [4.69, 9.17) is 17.0 Å². The zero-order valence-electron chi connectivity index (χ0n) is 16.9. The van der Waals surface area contributed by atoms with Crippen LogP contribution in [0, 0.1) is 4.77 Å². The number of ether oxygens (including phenoxy) is 1. The van der Waals surface area contributed by atoms with Crippen molar-refractivity contribution in [1.82, 2.24) is 14.9 Å². The molecule has 0 aliphatic heterocycles. The lowest BCUT2D eigenvalue weighted by atomic mass is 9.87. The quantitative estimate of drug-likeness (QED) is 0.454. The summed E-state index contributed by atoms with van der Waals surface area (Å²) in [7, 11) is 0. The summed E-state index contributed by atoms with van der Waals surface area (Å²) in [5, 5.41) is 11.7. The fourth-order valence-electron chi connectivity index (χ4n) is 2.76. The maximum atomic E-state index is 5.78. The number of H-pyrrole nitrogens is 1. The highest BCUT2D eigenvalue weighted by Crippen LogP contribution is 2.24. The van der Waals surface area contributed by atoms with Gasteiger partial charge in [0.05, 0.1) is 12.3 Å². The molecule has 2 aromatic carbocycles. The maximum Gasteiger partial charge on any atom is 0.216 e. The third-order valence-corrected chi connectivity index (χ3v) is 4.48. The molecule has 0 saturated carbocycles. The van der Waals surface area contributed by atoms with Gasteiger partial charge < -0.3 is 4.74 Å². The predicted molar refractivity (Wildman–Crippen MR) is 117 cm³/mol. The molecule has 1 heterocycles. The van der Waals surface area contributed by atoms with Crippen molar-refractivity contribution in [3.05, 3.63) is 64.4 Å². The van der Waals surface area contributed by atoms with E-state index in [9.17, 15) is 0 Å². The minimum atomic E-state index is 0.102. The molecule has 28 heavy (non-hydrogen) atoms. The molecule has 3 aromatic rings. The van der Waals surface area contributed by atoms with Crippen LogP contribution in [0.1, 0.15) is 45.7 Å². The van der Waals surface area contributed by atoms with Crippen LogP contribution < -0.4 is 4.74 Å². The molecule has 0 saturated heterocycles. The highest BCUT2D eigenvalue weighted by Gasteiger charge is 2.13. The van der Waals surface area contributed by atoms with E-state index in [1.165, 1.54) is 5.56 Å². The van der Waals surface area contributed by atoms with Gasteiger partial charge in [-0.2, -0.15) is 14.9 Å². The SMILES string of the molecule is CC(C)Oc1cccc(-c2n[nH]c(=S)n2/N=C/c2ccc(C(C)(C)C)cc2)c1. The zero-order valence-corrected chi connectivity index (χ0v) is 17.7. The first-order valence-corrected chi connectivity index (χ1v) is 9.74. The number of nitrogens with one attached hydrogen (secondary N) is 1. The van der Waals surface area contributed by atoms with Crippen LogP contribution >= 0.6 is 12.2 Å². The Kier molecular flexibility index (Phi) is 5.79. The molecular weight excluding hydrogens is 368 g/mol. The Labute approximate surface area is 171 Å². The second-order valence-corrected chi connectivity index (χ2v) is 8.36. The van der Waals surface area contributed by atoms with Crippen LogP contribution in [0.3, 0.4) is 0 Å². The summed E-state index contributed by atoms with van der Waals surface area (Å²) in [5.74, 6) is 1.43. The molecule has 0 spiro atoms. The summed E-state index contributed by atoms with van der Waals surface area (Å²) in [6.07, 6.45) is 1.89. The average molecular weight is 395 g/mol. The largest absolute Gasteiger partial charge is 0.491 e. The van der Waals surface area contributed by atoms with Crippen molar-refractivity contribution in [3.8, 4) is 17.1 Å². The molecule has 5 nitrogen and oxygen atoms in total. The van der Waals surface area contributed by atoms with Crippen LogP contribution in [0.25, 0.3) is 11.4 Å². The van der Waals surface area contributed by atoms with Gasteiger partial charge in [0.1, 0.15) is 5.75 Å². The van der Waals surface area contributed by atoms with Crippen LogP contribution in [-0.4, -0.2) is 27.2 Å². The van der Waals surface area contributed by atoms with Crippen molar-refractivity contribution in [2.24, 2.45) is 5.10 Å². The number of hydrogen-bond donors (Lipinski definition) is 1. The number of hydrogen-bond acceptors (Lipinski definition) is 4. The molecule has 0 amide bonds. The number of rotatable bonds is 5. The molecule has 146 valence electrons. The number of aromatic amines is 1. The molecule has 0 radical (unpaired) electrons. The van der Waals surface area contributed by atoms with Gasteiger partial charge in [0.15, 0.2) is 5.82 Å². The molecule has 0 fully saturated rings. The highest BCUT2D eigenvalue weighted by molar-refractivity contribution is 7.71. The van der Waals surface area contributed by atoms with Crippen molar-refractivity contribution in [1.29, 1.82) is 0 Å². The van der Waals surface area contributed by atoms with Gasteiger partial charge >= 0.3 is 0 Å². The fourth-order valence-corrected chi connectivity index (χ4v) is 2.94. The molecule has 3 rings (SSSR count). The van der Waals surface area contributed by atoms with Gasteiger partial charge in [-0.05, 0) is 54.7 Å². The lowest BCUT2D eigenvalue weighted by Crippen LogP contribution is -2.10.